The predicted molar refractivity (Wildman–Crippen MR) is 71.2 cm³/mol. The second kappa shape index (κ2) is 5.10. The highest BCUT2D eigenvalue weighted by molar-refractivity contribution is 7.91. The van der Waals surface area contributed by atoms with Crippen molar-refractivity contribution in [2.24, 2.45) is 0 Å². The number of benzene rings is 1. The van der Waals surface area contributed by atoms with Gasteiger partial charge >= 0.3 is 0 Å². The van der Waals surface area contributed by atoms with Gasteiger partial charge in [-0.1, -0.05) is 0 Å². The maximum atomic E-state index is 12.0. The summed E-state index contributed by atoms with van der Waals surface area (Å²) in [5.41, 5.74) is -0.151. The van der Waals surface area contributed by atoms with Gasteiger partial charge in [0, 0.05) is 29.7 Å². The summed E-state index contributed by atoms with van der Waals surface area (Å²) in [7, 11) is -3.57. The fourth-order valence-corrected chi connectivity index (χ4v) is 3.60. The molecule has 0 radical (unpaired) electrons. The van der Waals surface area contributed by atoms with Crippen LogP contribution in [0.3, 0.4) is 0 Å². The number of non-ortho nitro benzene ring substituents is 1. The van der Waals surface area contributed by atoms with Gasteiger partial charge in [-0.3, -0.25) is 15.1 Å². The number of nitro benzene ring substituents is 1. The molecular weight excluding hydrogens is 292 g/mol. The largest absolute Gasteiger partial charge is 0.277 e. The molecule has 0 unspecified atom stereocenters. The van der Waals surface area contributed by atoms with E-state index in [1.54, 1.807) is 0 Å². The van der Waals surface area contributed by atoms with Crippen LogP contribution in [0.2, 0.25) is 0 Å². The first kappa shape index (κ1) is 13.7. The highest BCUT2D eigenvalue weighted by Gasteiger charge is 2.21. The summed E-state index contributed by atoms with van der Waals surface area (Å²) in [4.78, 5) is 14.2. The number of rotatable bonds is 4. The number of aromatic nitrogens is 1. The zero-order valence-electron chi connectivity index (χ0n) is 9.61. The van der Waals surface area contributed by atoms with Crippen LogP contribution in [0.4, 0.5) is 5.69 Å². The topological polar surface area (TPSA) is 90.2 Å². The van der Waals surface area contributed by atoms with Gasteiger partial charge in [-0.05, 0) is 12.1 Å². The average Bonchev–Trinajstić information content (AvgIpc) is 2.37. The van der Waals surface area contributed by atoms with Crippen LogP contribution in [0.5, 0.6) is 0 Å². The molecule has 0 bridgehead atoms. The first-order valence-electron chi connectivity index (χ1n) is 5.27. The van der Waals surface area contributed by atoms with E-state index in [9.17, 15) is 18.5 Å². The molecule has 0 spiro atoms. The van der Waals surface area contributed by atoms with Crippen molar-refractivity contribution in [3.63, 3.8) is 0 Å². The Hall–Kier alpha value is -1.73. The molecular formula is C11H9ClN2O4S. The molecule has 2 aromatic rings. The summed E-state index contributed by atoms with van der Waals surface area (Å²) in [5.74, 6) is -0.266. The Morgan fingerprint density at radius 3 is 2.63 bits per heavy atom. The molecule has 0 aliphatic rings. The summed E-state index contributed by atoms with van der Waals surface area (Å²) >= 11 is 5.47. The number of pyridine rings is 1. The maximum Gasteiger partial charge on any atom is 0.277 e. The third-order valence-electron chi connectivity index (χ3n) is 2.63. The van der Waals surface area contributed by atoms with E-state index in [1.807, 2.05) is 0 Å². The molecule has 0 aliphatic heterocycles. The van der Waals surface area contributed by atoms with Gasteiger partial charge in [-0.25, -0.2) is 8.42 Å². The lowest BCUT2D eigenvalue weighted by Crippen LogP contribution is -2.09. The smallest absolute Gasteiger partial charge is 0.264 e. The van der Waals surface area contributed by atoms with Gasteiger partial charge in [0.2, 0.25) is 0 Å². The number of halogens is 1. The third kappa shape index (κ3) is 2.52. The quantitative estimate of drug-likeness (QED) is 0.490. The van der Waals surface area contributed by atoms with Crippen molar-refractivity contribution in [3.05, 3.63) is 40.7 Å². The molecule has 2 rings (SSSR count). The fraction of sp³-hybridized carbons (Fsp3) is 0.182. The van der Waals surface area contributed by atoms with Gasteiger partial charge in [0.05, 0.1) is 21.0 Å². The Bertz CT molecular complexity index is 745. The van der Waals surface area contributed by atoms with Crippen molar-refractivity contribution in [2.75, 3.05) is 11.6 Å². The summed E-state index contributed by atoms with van der Waals surface area (Å²) in [5, 5.41) is 11.4. The fourth-order valence-electron chi connectivity index (χ4n) is 1.79. The first-order chi connectivity index (χ1) is 8.97. The van der Waals surface area contributed by atoms with E-state index >= 15 is 0 Å². The lowest BCUT2D eigenvalue weighted by atomic mass is 10.1. The molecule has 6 nitrogen and oxygen atoms in total. The monoisotopic (exact) mass is 300 g/mol. The lowest BCUT2D eigenvalue weighted by Gasteiger charge is -2.06. The summed E-state index contributed by atoms with van der Waals surface area (Å²) < 4.78 is 24.1. The van der Waals surface area contributed by atoms with E-state index in [1.165, 1.54) is 30.6 Å². The Balaban J connectivity index is 2.80. The van der Waals surface area contributed by atoms with Crippen LogP contribution in [0.1, 0.15) is 0 Å². The Morgan fingerprint density at radius 1 is 1.26 bits per heavy atom. The molecule has 0 saturated heterocycles. The highest BCUT2D eigenvalue weighted by Crippen LogP contribution is 2.30. The SMILES string of the molecule is O=[N+]([O-])c1ccc(S(=O)(=O)CCCl)c2cnccc12. The number of hydrogen-bond acceptors (Lipinski definition) is 5. The number of hydrogen-bond donors (Lipinski definition) is 0. The molecule has 1 aromatic carbocycles. The Kier molecular flexibility index (Phi) is 3.68. The van der Waals surface area contributed by atoms with Gasteiger partial charge in [-0.2, -0.15) is 0 Å². The molecule has 1 aromatic heterocycles. The van der Waals surface area contributed by atoms with Crippen LogP contribution in [0.25, 0.3) is 10.8 Å². The van der Waals surface area contributed by atoms with Crippen LogP contribution in [0, 0.1) is 10.1 Å². The van der Waals surface area contributed by atoms with Crippen molar-refractivity contribution >= 4 is 37.9 Å². The number of nitrogens with zero attached hydrogens (tertiary/aromatic N) is 2. The van der Waals surface area contributed by atoms with Crippen molar-refractivity contribution in [3.8, 4) is 0 Å². The predicted octanol–water partition coefficient (Wildman–Crippen LogP) is 2.16. The van der Waals surface area contributed by atoms with Crippen LogP contribution in [0.15, 0.2) is 35.5 Å². The van der Waals surface area contributed by atoms with Gasteiger partial charge < -0.3 is 0 Å². The maximum absolute atomic E-state index is 12.0. The van der Waals surface area contributed by atoms with E-state index < -0.39 is 14.8 Å². The molecule has 0 amide bonds. The number of alkyl halides is 1. The van der Waals surface area contributed by atoms with E-state index in [2.05, 4.69) is 4.98 Å². The minimum absolute atomic E-state index is 0.0156. The standard InChI is InChI=1S/C11H9ClN2O4S/c12-4-6-19(17,18)11-2-1-10(14(15)16)8-3-5-13-7-9(8)11/h1-3,5,7H,4,6H2. The van der Waals surface area contributed by atoms with Gasteiger partial charge in [0.25, 0.3) is 5.69 Å². The zero-order valence-corrected chi connectivity index (χ0v) is 11.2. The zero-order chi connectivity index (χ0) is 14.0. The van der Waals surface area contributed by atoms with E-state index in [-0.39, 0.29) is 33.0 Å². The van der Waals surface area contributed by atoms with Crippen molar-refractivity contribution in [1.82, 2.24) is 4.98 Å². The second-order valence-corrected chi connectivity index (χ2v) is 6.22. The van der Waals surface area contributed by atoms with Crippen LogP contribution < -0.4 is 0 Å². The molecule has 0 N–H and O–H groups in total. The first-order valence-corrected chi connectivity index (χ1v) is 7.46. The summed E-state index contributed by atoms with van der Waals surface area (Å²) in [6.45, 7) is 0. The number of sulfone groups is 1. The molecule has 19 heavy (non-hydrogen) atoms. The Labute approximate surface area is 114 Å². The van der Waals surface area contributed by atoms with Gasteiger partial charge in [0.1, 0.15) is 0 Å². The molecule has 1 heterocycles. The average molecular weight is 301 g/mol. The van der Waals surface area contributed by atoms with Gasteiger partial charge in [-0.15, -0.1) is 11.6 Å². The number of fused-ring (bicyclic) bond motifs is 1. The van der Waals surface area contributed by atoms with Crippen LogP contribution >= 0.6 is 11.6 Å². The van der Waals surface area contributed by atoms with Crippen molar-refractivity contribution in [2.45, 2.75) is 4.90 Å². The third-order valence-corrected chi connectivity index (χ3v) is 4.81. The molecule has 8 heteroatoms. The lowest BCUT2D eigenvalue weighted by molar-refractivity contribution is -0.383. The van der Waals surface area contributed by atoms with E-state index in [4.69, 9.17) is 11.6 Å². The highest BCUT2D eigenvalue weighted by atomic mass is 35.5. The molecule has 0 aliphatic carbocycles. The summed E-state index contributed by atoms with van der Waals surface area (Å²) in [6.07, 6.45) is 2.69. The minimum Gasteiger partial charge on any atom is -0.264 e. The molecule has 0 fully saturated rings. The van der Waals surface area contributed by atoms with Crippen LogP contribution in [-0.4, -0.2) is 30.0 Å². The molecule has 0 saturated carbocycles. The minimum atomic E-state index is -3.57. The van der Waals surface area contributed by atoms with E-state index in [0.717, 1.165) is 0 Å². The Morgan fingerprint density at radius 2 is 2.00 bits per heavy atom. The van der Waals surface area contributed by atoms with Crippen molar-refractivity contribution in [1.29, 1.82) is 0 Å². The van der Waals surface area contributed by atoms with E-state index in [0.29, 0.717) is 0 Å². The normalized spacial score (nSPS) is 11.6. The van der Waals surface area contributed by atoms with Crippen molar-refractivity contribution < 1.29 is 13.3 Å². The molecule has 0 atom stereocenters. The van der Waals surface area contributed by atoms with Gasteiger partial charge in [0.15, 0.2) is 9.84 Å². The number of nitro groups is 1. The second-order valence-electron chi connectivity index (χ2n) is 3.77. The summed E-state index contributed by atoms with van der Waals surface area (Å²) in [6, 6.07) is 3.83. The van der Waals surface area contributed by atoms with Crippen LogP contribution in [-0.2, 0) is 9.84 Å². The molecule has 100 valence electrons.